The van der Waals surface area contributed by atoms with E-state index in [-0.39, 0.29) is 5.75 Å². The smallest absolute Gasteiger partial charge is 0.218 e. The second-order valence-corrected chi connectivity index (χ2v) is 7.47. The predicted octanol–water partition coefficient (Wildman–Crippen LogP) is 2.10. The summed E-state index contributed by atoms with van der Waals surface area (Å²) in [5.74, 6) is 0.569. The van der Waals surface area contributed by atoms with Crippen LogP contribution < -0.4 is 5.73 Å². The zero-order valence-electron chi connectivity index (χ0n) is 12.1. The molecule has 1 aromatic carbocycles. The molecule has 4 nitrogen and oxygen atoms in total. The van der Waals surface area contributed by atoms with Gasteiger partial charge in [0.2, 0.25) is 10.0 Å². The first-order valence-corrected chi connectivity index (χ1v) is 8.92. The summed E-state index contributed by atoms with van der Waals surface area (Å²) in [6, 6.07) is 7.53. The zero-order valence-corrected chi connectivity index (χ0v) is 12.9. The van der Waals surface area contributed by atoms with Crippen molar-refractivity contribution in [1.29, 1.82) is 0 Å². The van der Waals surface area contributed by atoms with Crippen LogP contribution in [0.3, 0.4) is 0 Å². The summed E-state index contributed by atoms with van der Waals surface area (Å²) in [6.07, 6.45) is 3.16. The van der Waals surface area contributed by atoms with Crippen LogP contribution >= 0.6 is 0 Å². The highest BCUT2D eigenvalue weighted by Crippen LogP contribution is 2.24. The fourth-order valence-electron chi connectivity index (χ4n) is 2.80. The van der Waals surface area contributed by atoms with E-state index in [1.807, 2.05) is 24.3 Å². The number of nitrogens with two attached hydrogens (primary N) is 1. The Morgan fingerprint density at radius 1 is 1.30 bits per heavy atom. The van der Waals surface area contributed by atoms with E-state index < -0.39 is 10.0 Å². The molecule has 20 heavy (non-hydrogen) atoms. The maximum Gasteiger partial charge on any atom is 0.218 e. The van der Waals surface area contributed by atoms with Crippen molar-refractivity contribution in [3.63, 3.8) is 0 Å². The van der Waals surface area contributed by atoms with Crippen LogP contribution in [0.25, 0.3) is 0 Å². The van der Waals surface area contributed by atoms with Gasteiger partial charge in [-0.1, -0.05) is 37.6 Å². The van der Waals surface area contributed by atoms with Gasteiger partial charge in [0.05, 0.1) is 5.75 Å². The Kier molecular flexibility index (Phi) is 5.18. The van der Waals surface area contributed by atoms with Gasteiger partial charge < -0.3 is 5.73 Å². The molecule has 1 heterocycles. The normalized spacial score (nSPS) is 21.0. The fourth-order valence-corrected chi connectivity index (χ4v) is 4.50. The van der Waals surface area contributed by atoms with Crippen LogP contribution in [0.5, 0.6) is 0 Å². The molecule has 0 bridgehead atoms. The summed E-state index contributed by atoms with van der Waals surface area (Å²) in [5, 5.41) is 0. The van der Waals surface area contributed by atoms with E-state index >= 15 is 0 Å². The van der Waals surface area contributed by atoms with Crippen LogP contribution in [0.15, 0.2) is 24.3 Å². The number of piperidine rings is 1. The molecule has 1 saturated heterocycles. The van der Waals surface area contributed by atoms with E-state index in [1.54, 1.807) is 4.31 Å². The van der Waals surface area contributed by atoms with Crippen molar-refractivity contribution in [3.8, 4) is 0 Å². The first kappa shape index (κ1) is 15.5. The minimum atomic E-state index is -3.23. The summed E-state index contributed by atoms with van der Waals surface area (Å²) in [7, 11) is -3.23. The van der Waals surface area contributed by atoms with Crippen molar-refractivity contribution in [2.45, 2.75) is 38.5 Å². The molecule has 0 aliphatic carbocycles. The number of sulfonamides is 1. The van der Waals surface area contributed by atoms with Crippen LogP contribution in [0, 0.1) is 5.92 Å². The average Bonchev–Trinajstić information content (AvgIpc) is 2.47. The molecule has 0 saturated carbocycles. The van der Waals surface area contributed by atoms with Gasteiger partial charge in [0, 0.05) is 19.6 Å². The topological polar surface area (TPSA) is 63.4 Å². The number of rotatable bonds is 5. The molecule has 0 aromatic heterocycles. The minimum Gasteiger partial charge on any atom is -0.326 e. The highest BCUT2D eigenvalue weighted by molar-refractivity contribution is 7.88. The Labute approximate surface area is 122 Å². The monoisotopic (exact) mass is 296 g/mol. The van der Waals surface area contributed by atoms with Gasteiger partial charge in [-0.05, 0) is 29.9 Å². The second-order valence-electron chi connectivity index (χ2n) is 5.50. The lowest BCUT2D eigenvalue weighted by Gasteiger charge is -2.31. The molecule has 1 aliphatic heterocycles. The van der Waals surface area contributed by atoms with Gasteiger partial charge in [-0.2, -0.15) is 0 Å². The summed E-state index contributed by atoms with van der Waals surface area (Å²) < 4.78 is 26.8. The molecule has 1 atom stereocenters. The first-order valence-electron chi connectivity index (χ1n) is 7.31. The molecule has 0 spiro atoms. The number of hydrogen-bond acceptors (Lipinski definition) is 3. The maximum atomic E-state index is 12.6. The lowest BCUT2D eigenvalue weighted by Crippen LogP contribution is -2.40. The first-order chi connectivity index (χ1) is 9.56. The van der Waals surface area contributed by atoms with Gasteiger partial charge in [-0.25, -0.2) is 12.7 Å². The lowest BCUT2D eigenvalue weighted by molar-refractivity contribution is 0.261. The third-order valence-electron chi connectivity index (χ3n) is 4.13. The van der Waals surface area contributed by atoms with E-state index in [2.05, 4.69) is 6.92 Å². The van der Waals surface area contributed by atoms with E-state index in [1.165, 1.54) is 0 Å². The van der Waals surface area contributed by atoms with Crippen LogP contribution in [-0.4, -0.2) is 25.8 Å². The van der Waals surface area contributed by atoms with Crippen LogP contribution in [0.4, 0.5) is 0 Å². The molecule has 5 heteroatoms. The quantitative estimate of drug-likeness (QED) is 0.905. The van der Waals surface area contributed by atoms with Gasteiger partial charge in [0.1, 0.15) is 0 Å². The molecule has 1 aromatic rings. The molecular weight excluding hydrogens is 272 g/mol. The molecule has 2 N–H and O–H groups in total. The van der Waals surface area contributed by atoms with Crippen molar-refractivity contribution in [2.24, 2.45) is 11.7 Å². The third-order valence-corrected chi connectivity index (χ3v) is 5.92. The van der Waals surface area contributed by atoms with Crippen molar-refractivity contribution in [2.75, 3.05) is 13.1 Å². The fraction of sp³-hybridized carbons (Fsp3) is 0.600. The second kappa shape index (κ2) is 6.70. The lowest BCUT2D eigenvalue weighted by atomic mass is 9.97. The predicted molar refractivity (Wildman–Crippen MR) is 81.5 cm³/mol. The molecule has 2 rings (SSSR count). The van der Waals surface area contributed by atoms with Crippen LogP contribution in [0.2, 0.25) is 0 Å². The number of benzene rings is 1. The Hall–Kier alpha value is -0.910. The van der Waals surface area contributed by atoms with E-state index in [0.717, 1.165) is 30.4 Å². The van der Waals surface area contributed by atoms with E-state index in [0.29, 0.717) is 25.6 Å². The van der Waals surface area contributed by atoms with E-state index in [9.17, 15) is 8.42 Å². The highest BCUT2D eigenvalue weighted by Gasteiger charge is 2.28. The third kappa shape index (κ3) is 3.59. The molecule has 1 aliphatic rings. The Bertz CT molecular complexity index is 543. The Balaban J connectivity index is 2.14. The highest BCUT2D eigenvalue weighted by atomic mass is 32.2. The Morgan fingerprint density at radius 2 is 2.00 bits per heavy atom. The summed E-state index contributed by atoms with van der Waals surface area (Å²) in [6.45, 7) is 3.83. The number of hydrogen-bond donors (Lipinski definition) is 1. The Morgan fingerprint density at radius 3 is 2.65 bits per heavy atom. The SMILES string of the molecule is CCC1CCCN(S(=O)(=O)Cc2ccccc2CN)C1. The van der Waals surface area contributed by atoms with Gasteiger partial charge in [-0.15, -0.1) is 0 Å². The van der Waals surface area contributed by atoms with Crippen molar-refractivity contribution >= 4 is 10.0 Å². The zero-order chi connectivity index (χ0) is 14.6. The molecule has 0 radical (unpaired) electrons. The average molecular weight is 296 g/mol. The minimum absolute atomic E-state index is 0.0663. The molecule has 1 fully saturated rings. The van der Waals surface area contributed by atoms with Gasteiger partial charge in [-0.3, -0.25) is 0 Å². The van der Waals surface area contributed by atoms with Gasteiger partial charge in [0.25, 0.3) is 0 Å². The molecule has 0 amide bonds. The van der Waals surface area contributed by atoms with Crippen molar-refractivity contribution < 1.29 is 8.42 Å². The summed E-state index contributed by atoms with van der Waals surface area (Å²) in [4.78, 5) is 0. The summed E-state index contributed by atoms with van der Waals surface area (Å²) in [5.41, 5.74) is 7.43. The van der Waals surface area contributed by atoms with Crippen molar-refractivity contribution in [1.82, 2.24) is 4.31 Å². The van der Waals surface area contributed by atoms with Crippen LogP contribution in [0.1, 0.15) is 37.3 Å². The van der Waals surface area contributed by atoms with Crippen LogP contribution in [-0.2, 0) is 22.3 Å². The molecular formula is C15H24N2O2S. The van der Waals surface area contributed by atoms with E-state index in [4.69, 9.17) is 5.73 Å². The van der Waals surface area contributed by atoms with Crippen molar-refractivity contribution in [3.05, 3.63) is 35.4 Å². The van der Waals surface area contributed by atoms with Gasteiger partial charge in [0.15, 0.2) is 0 Å². The standard InChI is InChI=1S/C15H24N2O2S/c1-2-13-6-5-9-17(11-13)20(18,19)12-15-8-4-3-7-14(15)10-16/h3-4,7-8,13H,2,5-6,9-12,16H2,1H3. The molecule has 1 unspecified atom stereocenters. The summed E-state index contributed by atoms with van der Waals surface area (Å²) >= 11 is 0. The van der Waals surface area contributed by atoms with Gasteiger partial charge >= 0.3 is 0 Å². The maximum absolute atomic E-state index is 12.6. The molecule has 112 valence electrons. The number of nitrogens with zero attached hydrogens (tertiary/aromatic N) is 1. The largest absolute Gasteiger partial charge is 0.326 e.